The van der Waals surface area contributed by atoms with Crippen molar-refractivity contribution in [3.8, 4) is 11.4 Å². The Morgan fingerprint density at radius 3 is 2.64 bits per heavy atom. The van der Waals surface area contributed by atoms with Crippen molar-refractivity contribution in [2.45, 2.75) is 13.8 Å². The van der Waals surface area contributed by atoms with E-state index in [1.54, 1.807) is 0 Å². The van der Waals surface area contributed by atoms with E-state index in [0.29, 0.717) is 5.89 Å². The van der Waals surface area contributed by atoms with Gasteiger partial charge in [0.1, 0.15) is 5.52 Å². The van der Waals surface area contributed by atoms with Crippen LogP contribution in [0.5, 0.6) is 0 Å². The van der Waals surface area contributed by atoms with E-state index in [1.807, 2.05) is 13.0 Å². The second kappa shape index (κ2) is 4.44. The molecule has 2 heterocycles. The van der Waals surface area contributed by atoms with Gasteiger partial charge in [0.25, 0.3) is 5.82 Å². The van der Waals surface area contributed by atoms with Crippen molar-refractivity contribution < 1.29 is 8.98 Å². The van der Waals surface area contributed by atoms with Gasteiger partial charge in [-0.3, -0.25) is 0 Å². The lowest BCUT2D eigenvalue weighted by Crippen LogP contribution is -2.30. The molecule has 0 aliphatic heterocycles. The van der Waals surface area contributed by atoms with Crippen molar-refractivity contribution in [3.63, 3.8) is 0 Å². The van der Waals surface area contributed by atoms with Gasteiger partial charge in [0, 0.05) is 6.92 Å². The highest BCUT2D eigenvalue weighted by atomic mass is 16.3. The molecule has 22 heavy (non-hydrogen) atoms. The van der Waals surface area contributed by atoms with Crippen molar-refractivity contribution in [1.29, 1.82) is 0 Å². The van der Waals surface area contributed by atoms with Gasteiger partial charge in [0.2, 0.25) is 0 Å². The molecule has 0 fully saturated rings. The molecule has 0 unspecified atom stereocenters. The zero-order chi connectivity index (χ0) is 15.4. The van der Waals surface area contributed by atoms with E-state index in [9.17, 15) is 0 Å². The fraction of sp³-hybridized carbons (Fsp3) is 0.222. The van der Waals surface area contributed by atoms with E-state index in [2.05, 4.69) is 65.5 Å². The van der Waals surface area contributed by atoms with E-state index >= 15 is 0 Å². The molecule has 4 rings (SSSR count). The lowest BCUT2D eigenvalue weighted by Gasteiger charge is -2.04. The molecule has 0 aliphatic carbocycles. The third-order valence-corrected chi connectivity index (χ3v) is 4.34. The number of aryl methyl sites for hydroxylation is 4. The van der Waals surface area contributed by atoms with E-state index in [1.165, 1.54) is 16.6 Å². The number of hydrogen-bond acceptors (Lipinski definition) is 2. The van der Waals surface area contributed by atoms with Crippen molar-refractivity contribution >= 4 is 22.1 Å². The number of benzene rings is 2. The Morgan fingerprint density at radius 2 is 1.86 bits per heavy atom. The van der Waals surface area contributed by atoms with E-state index in [0.717, 1.165) is 22.5 Å². The van der Waals surface area contributed by atoms with Gasteiger partial charge in [-0.1, -0.05) is 18.2 Å². The van der Waals surface area contributed by atoms with Gasteiger partial charge >= 0.3 is 0 Å². The molecule has 4 nitrogen and oxygen atoms in total. The molecule has 2 aromatic heterocycles. The van der Waals surface area contributed by atoms with Crippen molar-refractivity contribution in [1.82, 2.24) is 9.55 Å². The first-order chi connectivity index (χ1) is 10.6. The fourth-order valence-electron chi connectivity index (χ4n) is 3.31. The molecule has 0 saturated heterocycles. The highest BCUT2D eigenvalue weighted by Gasteiger charge is 2.26. The summed E-state index contributed by atoms with van der Waals surface area (Å²) in [5.74, 6) is 1.83. The minimum absolute atomic E-state index is 0.697. The Kier molecular flexibility index (Phi) is 2.64. The molecule has 0 spiro atoms. The van der Waals surface area contributed by atoms with Gasteiger partial charge in [-0.05, 0) is 30.7 Å². The second-order valence-corrected chi connectivity index (χ2v) is 5.77. The second-order valence-electron chi connectivity index (χ2n) is 5.77. The molecule has 4 heteroatoms. The highest BCUT2D eigenvalue weighted by molar-refractivity contribution is 5.91. The molecule has 0 aliphatic rings. The zero-order valence-corrected chi connectivity index (χ0v) is 13.2. The van der Waals surface area contributed by atoms with E-state index in [4.69, 9.17) is 4.42 Å². The van der Waals surface area contributed by atoms with Crippen molar-refractivity contribution in [2.24, 2.45) is 14.1 Å². The van der Waals surface area contributed by atoms with Crippen molar-refractivity contribution in [3.05, 3.63) is 47.9 Å². The quantitative estimate of drug-likeness (QED) is 0.504. The standard InChI is InChI=1S/C18H18N3O/c1-11-9-10-15-17(19-12(2)22-15)16(11)18-20(3)13-7-5-6-8-14(13)21(18)4/h5-10H,1-4H3/q+1. The summed E-state index contributed by atoms with van der Waals surface area (Å²) in [6, 6.07) is 12.5. The lowest BCUT2D eigenvalue weighted by molar-refractivity contribution is -0.634. The largest absolute Gasteiger partial charge is 0.441 e. The average Bonchev–Trinajstić information content (AvgIpc) is 3.00. The summed E-state index contributed by atoms with van der Waals surface area (Å²) < 4.78 is 10.2. The normalized spacial score (nSPS) is 11.6. The highest BCUT2D eigenvalue weighted by Crippen LogP contribution is 2.31. The third kappa shape index (κ3) is 1.64. The topological polar surface area (TPSA) is 34.8 Å². The summed E-state index contributed by atoms with van der Waals surface area (Å²) in [7, 11) is 4.20. The summed E-state index contributed by atoms with van der Waals surface area (Å²) in [6.45, 7) is 4.01. The first-order valence-electron chi connectivity index (χ1n) is 7.38. The van der Waals surface area contributed by atoms with Crippen LogP contribution in [-0.2, 0) is 14.1 Å². The van der Waals surface area contributed by atoms with Crippen LogP contribution in [0.4, 0.5) is 0 Å². The predicted octanol–water partition coefficient (Wildman–Crippen LogP) is 3.43. The first kappa shape index (κ1) is 13.1. The Bertz CT molecular complexity index is 985. The van der Waals surface area contributed by atoms with Crippen LogP contribution in [0, 0.1) is 13.8 Å². The van der Waals surface area contributed by atoms with E-state index < -0.39 is 0 Å². The first-order valence-corrected chi connectivity index (χ1v) is 7.38. The van der Waals surface area contributed by atoms with E-state index in [-0.39, 0.29) is 0 Å². The molecule has 110 valence electrons. The summed E-state index contributed by atoms with van der Waals surface area (Å²) in [6.07, 6.45) is 0. The lowest BCUT2D eigenvalue weighted by atomic mass is 10.1. The molecule has 0 saturated carbocycles. The fourth-order valence-corrected chi connectivity index (χ4v) is 3.31. The van der Waals surface area contributed by atoms with Crippen LogP contribution in [0.1, 0.15) is 11.5 Å². The van der Waals surface area contributed by atoms with Gasteiger partial charge < -0.3 is 4.42 Å². The van der Waals surface area contributed by atoms with Gasteiger partial charge in [0.05, 0.1) is 19.7 Å². The Balaban J connectivity index is 2.18. The average molecular weight is 292 g/mol. The number of aromatic nitrogens is 3. The molecule has 0 bridgehead atoms. The molecule has 0 N–H and O–H groups in total. The predicted molar refractivity (Wildman–Crippen MR) is 86.6 cm³/mol. The molecule has 0 radical (unpaired) electrons. The van der Waals surface area contributed by atoms with Gasteiger partial charge in [0.15, 0.2) is 22.5 Å². The maximum absolute atomic E-state index is 5.71. The summed E-state index contributed by atoms with van der Waals surface area (Å²) in [5, 5.41) is 0. The Labute approximate surface area is 128 Å². The third-order valence-electron chi connectivity index (χ3n) is 4.34. The number of fused-ring (bicyclic) bond motifs is 2. The molecule has 4 aromatic rings. The maximum atomic E-state index is 5.71. The Hall–Kier alpha value is -2.62. The van der Waals surface area contributed by atoms with Crippen LogP contribution in [-0.4, -0.2) is 9.55 Å². The molecule has 0 amide bonds. The summed E-state index contributed by atoms with van der Waals surface area (Å²) in [4.78, 5) is 4.61. The minimum Gasteiger partial charge on any atom is -0.441 e. The van der Waals surface area contributed by atoms with Crippen LogP contribution in [0.2, 0.25) is 0 Å². The monoisotopic (exact) mass is 292 g/mol. The Morgan fingerprint density at radius 1 is 1.09 bits per heavy atom. The summed E-state index contributed by atoms with van der Waals surface area (Å²) >= 11 is 0. The van der Waals surface area contributed by atoms with Gasteiger partial charge in [-0.25, -0.2) is 14.1 Å². The number of rotatable bonds is 1. The number of hydrogen-bond donors (Lipinski definition) is 0. The molecular weight excluding hydrogens is 274 g/mol. The number of oxazole rings is 1. The minimum atomic E-state index is 0.697. The number of nitrogens with zero attached hydrogens (tertiary/aromatic N) is 3. The van der Waals surface area contributed by atoms with Gasteiger partial charge in [-0.15, -0.1) is 0 Å². The van der Waals surface area contributed by atoms with Crippen LogP contribution in [0.3, 0.4) is 0 Å². The summed E-state index contributed by atoms with van der Waals surface area (Å²) in [5.41, 5.74) is 6.51. The van der Waals surface area contributed by atoms with Crippen LogP contribution in [0.15, 0.2) is 40.8 Å². The number of imidazole rings is 1. The smallest absolute Gasteiger partial charge is 0.292 e. The van der Waals surface area contributed by atoms with Crippen LogP contribution < -0.4 is 4.57 Å². The van der Waals surface area contributed by atoms with Crippen LogP contribution >= 0.6 is 0 Å². The van der Waals surface area contributed by atoms with Crippen LogP contribution in [0.25, 0.3) is 33.5 Å². The van der Waals surface area contributed by atoms with Gasteiger partial charge in [-0.2, -0.15) is 0 Å². The molecular formula is C18H18N3O+. The molecule has 2 aromatic carbocycles. The maximum Gasteiger partial charge on any atom is 0.292 e. The number of para-hydroxylation sites is 2. The zero-order valence-electron chi connectivity index (χ0n) is 13.2. The molecule has 0 atom stereocenters. The van der Waals surface area contributed by atoms with Crippen molar-refractivity contribution in [2.75, 3.05) is 0 Å². The SMILES string of the molecule is Cc1nc2c(-c3n(C)c4ccccc4[n+]3C)c(C)ccc2o1.